The number of phenols is 1. The van der Waals surface area contributed by atoms with Crippen molar-refractivity contribution in [2.45, 2.75) is 0 Å². The second-order valence-corrected chi connectivity index (χ2v) is 5.28. The predicted molar refractivity (Wildman–Crippen MR) is 81.1 cm³/mol. The molecule has 0 saturated heterocycles. The van der Waals surface area contributed by atoms with Crippen LogP contribution < -0.4 is 5.32 Å². The van der Waals surface area contributed by atoms with E-state index in [0.29, 0.717) is 26.9 Å². The minimum Gasteiger partial charge on any atom is -0.507 e. The molecule has 100 valence electrons. The lowest BCUT2D eigenvalue weighted by atomic mass is 10.0. The zero-order valence-electron chi connectivity index (χ0n) is 10.2. The molecule has 3 nitrogen and oxygen atoms in total. The van der Waals surface area contributed by atoms with Crippen LogP contribution in [0.3, 0.4) is 0 Å². The van der Waals surface area contributed by atoms with Gasteiger partial charge in [0, 0.05) is 26.7 Å². The molecule has 5 heteroatoms. The molecule has 1 heterocycles. The highest BCUT2D eigenvalue weighted by Gasteiger charge is 2.24. The summed E-state index contributed by atoms with van der Waals surface area (Å²) in [6.07, 6.45) is 1.61. The van der Waals surface area contributed by atoms with E-state index in [0.717, 1.165) is 5.56 Å². The van der Waals surface area contributed by atoms with Crippen LogP contribution in [0.15, 0.2) is 36.4 Å². The number of nitrogens with one attached hydrogen (secondary N) is 1. The summed E-state index contributed by atoms with van der Waals surface area (Å²) in [4.78, 5) is 12.0. The third kappa shape index (κ3) is 2.26. The van der Waals surface area contributed by atoms with Crippen LogP contribution in [0.25, 0.3) is 11.6 Å². The molecule has 0 spiro atoms. The number of aromatic hydroxyl groups is 1. The second kappa shape index (κ2) is 4.85. The molecule has 0 atom stereocenters. The van der Waals surface area contributed by atoms with E-state index in [2.05, 4.69) is 5.32 Å². The first-order valence-electron chi connectivity index (χ1n) is 5.86. The van der Waals surface area contributed by atoms with Crippen LogP contribution in [0.1, 0.15) is 11.1 Å². The number of benzene rings is 2. The highest BCUT2D eigenvalue weighted by atomic mass is 35.5. The number of carbonyl (C=O) groups excluding carboxylic acids is 1. The number of phenolic OH excluding ortho intramolecular Hbond substituents is 1. The van der Waals surface area contributed by atoms with Gasteiger partial charge in [0.05, 0.1) is 5.69 Å². The molecule has 20 heavy (non-hydrogen) atoms. The molecule has 0 fully saturated rings. The summed E-state index contributed by atoms with van der Waals surface area (Å²) >= 11 is 11.8. The van der Waals surface area contributed by atoms with Gasteiger partial charge in [0.2, 0.25) is 0 Å². The van der Waals surface area contributed by atoms with Crippen LogP contribution in [0.4, 0.5) is 5.69 Å². The molecule has 0 aliphatic carbocycles. The summed E-state index contributed by atoms with van der Waals surface area (Å²) in [5, 5.41) is 13.6. The molecule has 2 N–H and O–H groups in total. The predicted octanol–water partition coefficient (Wildman–Crippen LogP) is 4.19. The Morgan fingerprint density at radius 1 is 1.05 bits per heavy atom. The number of amides is 1. The first-order chi connectivity index (χ1) is 9.54. The van der Waals surface area contributed by atoms with Crippen molar-refractivity contribution in [2.75, 3.05) is 5.32 Å². The van der Waals surface area contributed by atoms with Gasteiger partial charge < -0.3 is 10.4 Å². The van der Waals surface area contributed by atoms with E-state index in [1.165, 1.54) is 6.07 Å². The Morgan fingerprint density at radius 3 is 2.55 bits per heavy atom. The fraction of sp³-hybridized carbons (Fsp3) is 0. The highest BCUT2D eigenvalue weighted by Crippen LogP contribution is 2.36. The minimum atomic E-state index is -0.235. The normalized spacial score (nSPS) is 15.3. The topological polar surface area (TPSA) is 49.3 Å². The van der Waals surface area contributed by atoms with Gasteiger partial charge in [-0.3, -0.25) is 4.79 Å². The zero-order chi connectivity index (χ0) is 14.3. The van der Waals surface area contributed by atoms with Gasteiger partial charge in [-0.2, -0.15) is 0 Å². The average molecular weight is 306 g/mol. The maximum atomic E-state index is 12.0. The van der Waals surface area contributed by atoms with Gasteiger partial charge in [-0.1, -0.05) is 29.3 Å². The molecule has 0 bridgehead atoms. The van der Waals surface area contributed by atoms with Gasteiger partial charge in [0.15, 0.2) is 0 Å². The number of hydrogen-bond donors (Lipinski definition) is 2. The van der Waals surface area contributed by atoms with Crippen molar-refractivity contribution < 1.29 is 9.90 Å². The summed E-state index contributed by atoms with van der Waals surface area (Å²) in [7, 11) is 0. The number of halogens is 2. The maximum absolute atomic E-state index is 12.0. The van der Waals surface area contributed by atoms with Gasteiger partial charge >= 0.3 is 0 Å². The summed E-state index contributed by atoms with van der Waals surface area (Å²) in [5.74, 6) is -0.168. The first-order valence-corrected chi connectivity index (χ1v) is 6.62. The lowest BCUT2D eigenvalue weighted by Gasteiger charge is -2.02. The molecule has 1 aliphatic heterocycles. The van der Waals surface area contributed by atoms with Gasteiger partial charge in [0.1, 0.15) is 5.75 Å². The fourth-order valence-corrected chi connectivity index (χ4v) is 2.46. The van der Waals surface area contributed by atoms with Crippen molar-refractivity contribution in [2.24, 2.45) is 0 Å². The molecule has 2 aromatic rings. The molecular weight excluding hydrogens is 297 g/mol. The standard InChI is InChI=1S/C15H9Cl2NO2/c16-9-2-4-14(19)8(5-9)6-12-11-3-1-10(17)7-13(11)18-15(12)20/h1-7,19H,(H,18,20)/b12-6-. The molecule has 0 aromatic heterocycles. The van der Waals surface area contributed by atoms with Gasteiger partial charge in [-0.25, -0.2) is 0 Å². The second-order valence-electron chi connectivity index (χ2n) is 4.41. The number of hydrogen-bond acceptors (Lipinski definition) is 2. The highest BCUT2D eigenvalue weighted by molar-refractivity contribution is 6.37. The van der Waals surface area contributed by atoms with Crippen molar-refractivity contribution in [3.05, 3.63) is 57.6 Å². The fourth-order valence-electron chi connectivity index (χ4n) is 2.11. The maximum Gasteiger partial charge on any atom is 0.256 e. The number of anilines is 1. The quantitative estimate of drug-likeness (QED) is 0.776. The van der Waals surface area contributed by atoms with E-state index >= 15 is 0 Å². The first kappa shape index (κ1) is 13.0. The number of fused-ring (bicyclic) bond motifs is 1. The van der Waals surface area contributed by atoms with Gasteiger partial charge in [0.25, 0.3) is 5.91 Å². The molecule has 0 saturated carbocycles. The van der Waals surface area contributed by atoms with Gasteiger partial charge in [-0.15, -0.1) is 0 Å². The summed E-state index contributed by atoms with van der Waals surface area (Å²) in [6, 6.07) is 9.85. The molecule has 0 unspecified atom stereocenters. The molecule has 1 aliphatic rings. The van der Waals surface area contributed by atoms with Crippen molar-refractivity contribution in [3.63, 3.8) is 0 Å². The number of rotatable bonds is 1. The Kier molecular flexibility index (Phi) is 3.16. The van der Waals surface area contributed by atoms with E-state index in [1.54, 1.807) is 36.4 Å². The monoisotopic (exact) mass is 305 g/mol. The molecule has 0 radical (unpaired) electrons. The lowest BCUT2D eigenvalue weighted by Crippen LogP contribution is -2.03. The Hall–Kier alpha value is -1.97. The zero-order valence-corrected chi connectivity index (χ0v) is 11.7. The van der Waals surface area contributed by atoms with Crippen molar-refractivity contribution in [1.29, 1.82) is 0 Å². The van der Waals surface area contributed by atoms with Crippen LogP contribution >= 0.6 is 23.2 Å². The van der Waals surface area contributed by atoms with Crippen molar-refractivity contribution >= 4 is 46.4 Å². The van der Waals surface area contributed by atoms with E-state index in [9.17, 15) is 9.90 Å². The molecular formula is C15H9Cl2NO2. The smallest absolute Gasteiger partial charge is 0.256 e. The van der Waals surface area contributed by atoms with Crippen LogP contribution in [0, 0.1) is 0 Å². The van der Waals surface area contributed by atoms with Crippen molar-refractivity contribution in [1.82, 2.24) is 0 Å². The third-order valence-corrected chi connectivity index (χ3v) is 3.52. The average Bonchev–Trinajstić information content (AvgIpc) is 2.69. The Bertz CT molecular complexity index is 754. The van der Waals surface area contributed by atoms with Crippen LogP contribution in [-0.2, 0) is 4.79 Å². The Labute approximate surface area is 125 Å². The van der Waals surface area contributed by atoms with E-state index in [4.69, 9.17) is 23.2 Å². The third-order valence-electron chi connectivity index (χ3n) is 3.05. The van der Waals surface area contributed by atoms with E-state index in [1.807, 2.05) is 0 Å². The SMILES string of the molecule is O=C1Nc2cc(Cl)ccc2/C1=C/c1cc(Cl)ccc1O. The largest absolute Gasteiger partial charge is 0.507 e. The number of carbonyl (C=O) groups is 1. The lowest BCUT2D eigenvalue weighted by molar-refractivity contribution is -0.110. The Balaban J connectivity index is 2.13. The van der Waals surface area contributed by atoms with Gasteiger partial charge in [-0.05, 0) is 36.4 Å². The minimum absolute atomic E-state index is 0.0668. The molecule has 3 rings (SSSR count). The summed E-state index contributed by atoms with van der Waals surface area (Å²) in [6.45, 7) is 0. The van der Waals surface area contributed by atoms with E-state index < -0.39 is 0 Å². The summed E-state index contributed by atoms with van der Waals surface area (Å²) in [5.41, 5.74) is 2.37. The summed E-state index contributed by atoms with van der Waals surface area (Å²) < 4.78 is 0. The van der Waals surface area contributed by atoms with E-state index in [-0.39, 0.29) is 11.7 Å². The van der Waals surface area contributed by atoms with Crippen LogP contribution in [-0.4, -0.2) is 11.0 Å². The van der Waals surface area contributed by atoms with Crippen LogP contribution in [0.2, 0.25) is 10.0 Å². The molecule has 1 amide bonds. The van der Waals surface area contributed by atoms with Crippen molar-refractivity contribution in [3.8, 4) is 5.75 Å². The Morgan fingerprint density at radius 2 is 1.75 bits per heavy atom. The molecule has 2 aromatic carbocycles. The van der Waals surface area contributed by atoms with Crippen LogP contribution in [0.5, 0.6) is 5.75 Å².